The fourth-order valence-corrected chi connectivity index (χ4v) is 11.9. The largest absolute Gasteiger partial charge is 0.311 e. The molecule has 1 heterocycles. The Hall–Kier alpha value is -8.72. The summed E-state index contributed by atoms with van der Waals surface area (Å²) in [4.78, 5) is 2.34. The zero-order valence-corrected chi connectivity index (χ0v) is 36.6. The molecule has 11 aromatic carbocycles. The van der Waals surface area contributed by atoms with Gasteiger partial charge in [0.2, 0.25) is 0 Å². The van der Waals surface area contributed by atoms with E-state index in [-0.39, 0.29) is 0 Å². The van der Waals surface area contributed by atoms with Crippen molar-refractivity contribution in [2.24, 2.45) is 0 Å². The summed E-state index contributed by atoms with van der Waals surface area (Å²) in [5.74, 6) is 0. The maximum Gasteiger partial charge on any atom is 0.0726 e. The number of anilines is 3. The average Bonchev–Trinajstić information content (AvgIpc) is 3.90. The van der Waals surface area contributed by atoms with Gasteiger partial charge in [0, 0.05) is 33.5 Å². The fraction of sp³-hybridized carbons (Fsp3) is 0.0154. The van der Waals surface area contributed by atoms with E-state index in [0.717, 1.165) is 22.7 Å². The molecule has 0 atom stereocenters. The lowest BCUT2D eigenvalue weighted by Gasteiger charge is -2.38. The molecule has 0 amide bonds. The van der Waals surface area contributed by atoms with Crippen molar-refractivity contribution in [2.75, 3.05) is 4.90 Å². The number of para-hydroxylation sites is 2. The van der Waals surface area contributed by atoms with Gasteiger partial charge in [-0.3, -0.25) is 0 Å². The topological polar surface area (TPSA) is 8.17 Å². The first-order valence-electron chi connectivity index (χ1n) is 23.3. The smallest absolute Gasteiger partial charge is 0.0726 e. The van der Waals surface area contributed by atoms with Crippen LogP contribution in [0.15, 0.2) is 255 Å². The van der Waals surface area contributed by atoms with E-state index in [1.165, 1.54) is 99.3 Å². The van der Waals surface area contributed by atoms with E-state index in [1.807, 2.05) is 0 Å². The number of fused-ring (bicyclic) bond motifs is 7. The molecule has 2 nitrogen and oxygen atoms in total. The second-order valence-corrected chi connectivity index (χ2v) is 17.9. The second kappa shape index (κ2) is 14.7. The Morgan fingerprint density at radius 3 is 1.33 bits per heavy atom. The molecule has 67 heavy (non-hydrogen) atoms. The summed E-state index contributed by atoms with van der Waals surface area (Å²) in [7, 11) is 0. The fourth-order valence-electron chi connectivity index (χ4n) is 11.9. The predicted molar refractivity (Wildman–Crippen MR) is 280 cm³/mol. The van der Waals surface area contributed by atoms with E-state index < -0.39 is 5.41 Å². The molecule has 1 spiro atoms. The van der Waals surface area contributed by atoms with Gasteiger partial charge in [0.05, 0.1) is 16.4 Å². The number of nitrogens with zero attached hydrogens (tertiary/aromatic N) is 2. The van der Waals surface area contributed by atoms with E-state index in [9.17, 15) is 0 Å². The summed E-state index contributed by atoms with van der Waals surface area (Å²) in [6.07, 6.45) is 0. The first-order valence-corrected chi connectivity index (χ1v) is 23.3. The van der Waals surface area contributed by atoms with Crippen molar-refractivity contribution in [3.63, 3.8) is 0 Å². The molecule has 2 aliphatic rings. The minimum Gasteiger partial charge on any atom is -0.311 e. The third-order valence-corrected chi connectivity index (χ3v) is 14.5. The molecule has 1 aromatic heterocycles. The Morgan fingerprint density at radius 1 is 0.269 bits per heavy atom. The number of hydrogen-bond acceptors (Lipinski definition) is 1. The Balaban J connectivity index is 1.17. The lowest BCUT2D eigenvalue weighted by molar-refractivity contribution is 0.783. The normalized spacial score (nSPS) is 12.9. The van der Waals surface area contributed by atoms with Gasteiger partial charge in [-0.15, -0.1) is 0 Å². The molecule has 0 unspecified atom stereocenters. The Morgan fingerprint density at radius 2 is 0.746 bits per heavy atom. The maximum absolute atomic E-state index is 2.57. The van der Waals surface area contributed by atoms with Crippen molar-refractivity contribution in [2.45, 2.75) is 5.41 Å². The summed E-state index contributed by atoms with van der Waals surface area (Å²) in [6, 6.07) is 94.3. The second-order valence-electron chi connectivity index (χ2n) is 17.9. The lowest BCUT2D eigenvalue weighted by atomic mass is 9.62. The molecule has 0 saturated heterocycles. The third kappa shape index (κ3) is 5.39. The van der Waals surface area contributed by atoms with E-state index in [1.54, 1.807) is 0 Å². The molecular formula is C65H42N2. The molecule has 2 aliphatic carbocycles. The highest BCUT2D eigenvalue weighted by Crippen LogP contribution is 2.64. The van der Waals surface area contributed by atoms with Crippen molar-refractivity contribution in [1.29, 1.82) is 0 Å². The van der Waals surface area contributed by atoms with E-state index in [4.69, 9.17) is 0 Å². The molecule has 0 bridgehead atoms. The van der Waals surface area contributed by atoms with Crippen molar-refractivity contribution in [3.05, 3.63) is 277 Å². The van der Waals surface area contributed by atoms with Crippen molar-refractivity contribution in [1.82, 2.24) is 4.57 Å². The van der Waals surface area contributed by atoms with Crippen LogP contribution in [-0.2, 0) is 5.41 Å². The number of benzene rings is 11. The highest BCUT2D eigenvalue weighted by molar-refractivity contribution is 6.31. The van der Waals surface area contributed by atoms with Crippen LogP contribution in [0, 0.1) is 0 Å². The molecule has 0 fully saturated rings. The van der Waals surface area contributed by atoms with Gasteiger partial charge in [-0.05, 0) is 144 Å². The zero-order valence-electron chi connectivity index (χ0n) is 36.6. The molecule has 0 radical (unpaired) electrons. The summed E-state index contributed by atoms with van der Waals surface area (Å²) >= 11 is 0. The Bertz CT molecular complexity index is 3790. The highest BCUT2D eigenvalue weighted by atomic mass is 15.1. The molecule has 0 N–H and O–H groups in total. The van der Waals surface area contributed by atoms with Crippen LogP contribution >= 0.6 is 0 Å². The monoisotopic (exact) mass is 850 g/mol. The van der Waals surface area contributed by atoms with Crippen molar-refractivity contribution < 1.29 is 0 Å². The van der Waals surface area contributed by atoms with Gasteiger partial charge in [0.15, 0.2) is 0 Å². The summed E-state index contributed by atoms with van der Waals surface area (Å²) in [6.45, 7) is 0. The van der Waals surface area contributed by atoms with Crippen LogP contribution in [0.25, 0.3) is 82.8 Å². The predicted octanol–water partition coefficient (Wildman–Crippen LogP) is 17.1. The van der Waals surface area contributed by atoms with Gasteiger partial charge < -0.3 is 9.47 Å². The van der Waals surface area contributed by atoms with Gasteiger partial charge in [-0.2, -0.15) is 0 Å². The van der Waals surface area contributed by atoms with Gasteiger partial charge in [0.1, 0.15) is 0 Å². The first-order chi connectivity index (χ1) is 33.3. The van der Waals surface area contributed by atoms with E-state index >= 15 is 0 Å². The van der Waals surface area contributed by atoms with Gasteiger partial charge in [-0.25, -0.2) is 0 Å². The van der Waals surface area contributed by atoms with E-state index in [2.05, 4.69) is 264 Å². The van der Waals surface area contributed by atoms with E-state index in [0.29, 0.717) is 0 Å². The summed E-state index contributed by atoms with van der Waals surface area (Å²) < 4.78 is 2.57. The van der Waals surface area contributed by atoms with Crippen LogP contribution in [0.2, 0.25) is 0 Å². The van der Waals surface area contributed by atoms with Crippen LogP contribution in [0.3, 0.4) is 0 Å². The van der Waals surface area contributed by atoms with Crippen LogP contribution in [0.5, 0.6) is 0 Å². The quantitative estimate of drug-likeness (QED) is 0.155. The highest BCUT2D eigenvalue weighted by Gasteiger charge is 2.50. The molecule has 0 aliphatic heterocycles. The van der Waals surface area contributed by atoms with Crippen LogP contribution in [-0.4, -0.2) is 4.57 Å². The molecular weight excluding hydrogens is 809 g/mol. The average molecular weight is 851 g/mol. The zero-order chi connectivity index (χ0) is 44.1. The van der Waals surface area contributed by atoms with Gasteiger partial charge >= 0.3 is 0 Å². The van der Waals surface area contributed by atoms with Gasteiger partial charge in [-0.1, -0.05) is 188 Å². The molecule has 2 heteroatoms. The number of rotatable bonds is 7. The maximum atomic E-state index is 2.57. The molecule has 312 valence electrons. The Labute approximate surface area is 389 Å². The first kappa shape index (κ1) is 37.6. The molecule has 0 saturated carbocycles. The standard InChI is InChI=1S/C65H42N2/c1-6-20-43(21-7-1)46-40-58-62-59(41-46)67(50-36-34-49(35-37-50)66(47-26-12-4-13-27-47)48-28-14-5-15-29-48)60-42-54(45-24-10-3-11-25-45)61-51(44-22-8-2-9-23-44)38-39-57(63(61)64(60)62)65(58)55-32-18-16-30-52(55)53-31-17-19-33-56(53)65/h1-42H. The summed E-state index contributed by atoms with van der Waals surface area (Å²) in [5, 5.41) is 5.22. The van der Waals surface area contributed by atoms with Crippen LogP contribution in [0.1, 0.15) is 22.3 Å². The van der Waals surface area contributed by atoms with Crippen LogP contribution in [0.4, 0.5) is 17.1 Å². The molecule has 12 aromatic rings. The minimum atomic E-state index is -0.596. The van der Waals surface area contributed by atoms with Crippen molar-refractivity contribution in [3.8, 4) is 50.2 Å². The lowest BCUT2D eigenvalue weighted by Crippen LogP contribution is -2.30. The molecule has 14 rings (SSSR count). The summed E-state index contributed by atoms with van der Waals surface area (Å²) in [5.41, 5.74) is 21.4. The van der Waals surface area contributed by atoms with Crippen LogP contribution < -0.4 is 4.90 Å². The van der Waals surface area contributed by atoms with Crippen molar-refractivity contribution >= 4 is 49.6 Å². The number of hydrogen-bond donors (Lipinski definition) is 0. The number of aromatic nitrogens is 1. The third-order valence-electron chi connectivity index (χ3n) is 14.5. The Kier molecular flexibility index (Phi) is 8.23. The SMILES string of the molecule is c1ccc(-c2cc3c4c5c6c(ccc(-c7ccccc7)c6c(-c6ccccc6)cc5n(-c5ccc(N(c6ccccc6)c6ccccc6)cc5)c4c2)C32c3ccccc3-c3ccccc32)cc1. The van der Waals surface area contributed by atoms with Gasteiger partial charge in [0.25, 0.3) is 0 Å². The minimum absolute atomic E-state index is 0.596.